The predicted octanol–water partition coefficient (Wildman–Crippen LogP) is 1.90. The maximum absolute atomic E-state index is 12.1. The summed E-state index contributed by atoms with van der Waals surface area (Å²) >= 11 is 5.72. The van der Waals surface area contributed by atoms with Crippen LogP contribution in [0.4, 0.5) is 24.9 Å². The Hall–Kier alpha value is -1.28. The average molecular weight is 285 g/mol. The van der Waals surface area contributed by atoms with Crippen LogP contribution >= 0.6 is 11.6 Å². The molecule has 0 bridgehead atoms. The maximum Gasteiger partial charge on any atom is 0.416 e. The molecule has 3 N–H and O–H groups in total. The molecule has 1 atom stereocenters. The Morgan fingerprint density at radius 3 is 2.67 bits per heavy atom. The van der Waals surface area contributed by atoms with Crippen molar-refractivity contribution in [1.29, 1.82) is 0 Å². The van der Waals surface area contributed by atoms with Crippen LogP contribution in [-0.4, -0.2) is 40.4 Å². The largest absolute Gasteiger partial charge is 0.416 e. The molecule has 0 radical (unpaired) electrons. The van der Waals surface area contributed by atoms with E-state index in [0.29, 0.717) is 6.54 Å². The van der Waals surface area contributed by atoms with Crippen molar-refractivity contribution in [3.63, 3.8) is 0 Å². The number of nitrogens with one attached hydrogen (secondary N) is 2. The van der Waals surface area contributed by atoms with Crippen LogP contribution in [0.3, 0.4) is 0 Å². The molecule has 0 aliphatic heterocycles. The van der Waals surface area contributed by atoms with Gasteiger partial charge in [0.25, 0.3) is 0 Å². The van der Waals surface area contributed by atoms with Crippen LogP contribution in [0.5, 0.6) is 0 Å². The zero-order valence-corrected chi connectivity index (χ0v) is 10.2. The topological polar surface area (TPSA) is 70.1 Å². The van der Waals surface area contributed by atoms with Crippen molar-refractivity contribution in [1.82, 2.24) is 9.97 Å². The molecule has 0 aromatic carbocycles. The van der Waals surface area contributed by atoms with Gasteiger partial charge in [-0.2, -0.15) is 18.2 Å². The molecule has 0 saturated heterocycles. The highest BCUT2D eigenvalue weighted by Gasteiger charge is 2.38. The SMILES string of the molecule is CCNc1ncc(Cl)c(NCC(O)C(F)(F)F)n1. The van der Waals surface area contributed by atoms with Crippen molar-refractivity contribution in [2.75, 3.05) is 23.7 Å². The molecule has 5 nitrogen and oxygen atoms in total. The Balaban J connectivity index is 2.69. The Morgan fingerprint density at radius 2 is 2.11 bits per heavy atom. The van der Waals surface area contributed by atoms with E-state index < -0.39 is 18.8 Å². The second kappa shape index (κ2) is 6.05. The number of alkyl halides is 3. The second-order valence-corrected chi connectivity index (χ2v) is 3.77. The van der Waals surface area contributed by atoms with E-state index in [1.807, 2.05) is 6.92 Å². The summed E-state index contributed by atoms with van der Waals surface area (Å²) in [6.45, 7) is 1.65. The van der Waals surface area contributed by atoms with Crippen LogP contribution in [0.25, 0.3) is 0 Å². The summed E-state index contributed by atoms with van der Waals surface area (Å²) < 4.78 is 36.3. The fourth-order valence-electron chi connectivity index (χ4n) is 1.04. The normalized spacial score (nSPS) is 13.2. The van der Waals surface area contributed by atoms with Gasteiger partial charge >= 0.3 is 6.18 Å². The summed E-state index contributed by atoms with van der Waals surface area (Å²) in [5.74, 6) is 0.275. The molecule has 1 aromatic heterocycles. The Kier molecular flexibility index (Phi) is 4.97. The summed E-state index contributed by atoms with van der Waals surface area (Å²) in [5, 5.41) is 14.0. The van der Waals surface area contributed by atoms with E-state index in [9.17, 15) is 13.2 Å². The summed E-state index contributed by atoms with van der Waals surface area (Å²) in [5.41, 5.74) is 0. The summed E-state index contributed by atoms with van der Waals surface area (Å²) in [6.07, 6.45) is -5.91. The molecule has 0 aliphatic carbocycles. The third-order valence-electron chi connectivity index (χ3n) is 1.92. The molecule has 102 valence electrons. The van der Waals surface area contributed by atoms with Gasteiger partial charge in [0, 0.05) is 6.54 Å². The zero-order valence-electron chi connectivity index (χ0n) is 9.42. The first kappa shape index (κ1) is 14.8. The minimum atomic E-state index is -4.68. The van der Waals surface area contributed by atoms with Crippen molar-refractivity contribution in [2.45, 2.75) is 19.2 Å². The van der Waals surface area contributed by atoms with Crippen LogP contribution in [-0.2, 0) is 0 Å². The lowest BCUT2D eigenvalue weighted by Crippen LogP contribution is -2.35. The van der Waals surface area contributed by atoms with Gasteiger partial charge in [-0.1, -0.05) is 11.6 Å². The number of halogens is 4. The maximum atomic E-state index is 12.1. The zero-order chi connectivity index (χ0) is 13.8. The summed E-state index contributed by atoms with van der Waals surface area (Å²) in [4.78, 5) is 7.70. The molecule has 1 rings (SSSR count). The van der Waals surface area contributed by atoms with Crippen molar-refractivity contribution >= 4 is 23.4 Å². The quantitative estimate of drug-likeness (QED) is 0.770. The van der Waals surface area contributed by atoms with Gasteiger partial charge in [-0.25, -0.2) is 4.98 Å². The van der Waals surface area contributed by atoms with Gasteiger partial charge in [-0.15, -0.1) is 0 Å². The second-order valence-electron chi connectivity index (χ2n) is 3.36. The number of hydrogen-bond donors (Lipinski definition) is 3. The molecule has 1 unspecified atom stereocenters. The average Bonchev–Trinajstić information content (AvgIpc) is 2.28. The van der Waals surface area contributed by atoms with Crippen molar-refractivity contribution < 1.29 is 18.3 Å². The van der Waals surface area contributed by atoms with Crippen LogP contribution in [0, 0.1) is 0 Å². The van der Waals surface area contributed by atoms with Gasteiger partial charge in [0.2, 0.25) is 5.95 Å². The predicted molar refractivity (Wildman–Crippen MR) is 61.8 cm³/mol. The molecular formula is C9H12ClF3N4O. The van der Waals surface area contributed by atoms with Gasteiger partial charge in [0.05, 0.1) is 12.7 Å². The number of aliphatic hydroxyl groups is 1. The van der Waals surface area contributed by atoms with Crippen LogP contribution in [0.15, 0.2) is 6.20 Å². The van der Waals surface area contributed by atoms with E-state index in [-0.39, 0.29) is 16.8 Å². The van der Waals surface area contributed by atoms with Crippen molar-refractivity contribution in [2.24, 2.45) is 0 Å². The highest BCUT2D eigenvalue weighted by atomic mass is 35.5. The molecule has 18 heavy (non-hydrogen) atoms. The molecule has 1 aromatic rings. The van der Waals surface area contributed by atoms with Crippen LogP contribution < -0.4 is 10.6 Å². The van der Waals surface area contributed by atoms with Crippen molar-refractivity contribution in [3.05, 3.63) is 11.2 Å². The number of anilines is 2. The lowest BCUT2D eigenvalue weighted by atomic mass is 10.3. The smallest absolute Gasteiger partial charge is 0.382 e. The van der Waals surface area contributed by atoms with Gasteiger partial charge in [0.15, 0.2) is 11.9 Å². The van der Waals surface area contributed by atoms with E-state index in [1.165, 1.54) is 6.20 Å². The lowest BCUT2D eigenvalue weighted by Gasteiger charge is -2.16. The first-order valence-corrected chi connectivity index (χ1v) is 5.47. The van der Waals surface area contributed by atoms with E-state index >= 15 is 0 Å². The standard InChI is InChI=1S/C9H12ClF3N4O/c1-2-14-8-16-3-5(10)7(17-8)15-4-6(18)9(11,12)13/h3,6,18H,2,4H2,1H3,(H2,14,15,16,17). The minimum Gasteiger partial charge on any atom is -0.382 e. The first-order valence-electron chi connectivity index (χ1n) is 5.09. The number of aromatic nitrogens is 2. The molecule has 0 saturated carbocycles. The van der Waals surface area contributed by atoms with E-state index in [0.717, 1.165) is 0 Å². The monoisotopic (exact) mass is 284 g/mol. The fraction of sp³-hybridized carbons (Fsp3) is 0.556. The molecule has 0 aliphatic rings. The first-order chi connectivity index (χ1) is 8.34. The third kappa shape index (κ3) is 4.19. The number of nitrogens with zero attached hydrogens (tertiary/aromatic N) is 2. The third-order valence-corrected chi connectivity index (χ3v) is 2.20. The van der Waals surface area contributed by atoms with E-state index in [2.05, 4.69) is 20.6 Å². The van der Waals surface area contributed by atoms with Gasteiger partial charge in [-0.05, 0) is 6.92 Å². The molecule has 0 amide bonds. The molecule has 9 heteroatoms. The number of hydrogen-bond acceptors (Lipinski definition) is 5. The highest BCUT2D eigenvalue weighted by Crippen LogP contribution is 2.23. The highest BCUT2D eigenvalue weighted by molar-refractivity contribution is 6.32. The molecular weight excluding hydrogens is 273 g/mol. The van der Waals surface area contributed by atoms with Gasteiger partial charge < -0.3 is 15.7 Å². The van der Waals surface area contributed by atoms with Gasteiger partial charge in [-0.3, -0.25) is 0 Å². The Morgan fingerprint density at radius 1 is 1.44 bits per heavy atom. The van der Waals surface area contributed by atoms with Gasteiger partial charge in [0.1, 0.15) is 5.02 Å². The van der Waals surface area contributed by atoms with Crippen LogP contribution in [0.1, 0.15) is 6.92 Å². The molecule has 0 fully saturated rings. The fourth-order valence-corrected chi connectivity index (χ4v) is 1.20. The molecule has 0 spiro atoms. The lowest BCUT2D eigenvalue weighted by molar-refractivity contribution is -0.198. The molecule has 1 heterocycles. The number of aliphatic hydroxyl groups excluding tert-OH is 1. The number of rotatable bonds is 5. The summed E-state index contributed by atoms with van der Waals surface area (Å²) in [6, 6.07) is 0. The Labute approximate surface area is 106 Å². The minimum absolute atomic E-state index is 0.0333. The Bertz CT molecular complexity index is 402. The van der Waals surface area contributed by atoms with Crippen LogP contribution in [0.2, 0.25) is 5.02 Å². The van der Waals surface area contributed by atoms with Crippen molar-refractivity contribution in [3.8, 4) is 0 Å². The summed E-state index contributed by atoms with van der Waals surface area (Å²) in [7, 11) is 0. The van der Waals surface area contributed by atoms with E-state index in [1.54, 1.807) is 0 Å². The van der Waals surface area contributed by atoms with E-state index in [4.69, 9.17) is 16.7 Å².